The van der Waals surface area contributed by atoms with Gasteiger partial charge in [0.15, 0.2) is 0 Å². The number of nitrogens with one attached hydrogen (secondary N) is 1. The molecule has 0 aliphatic heterocycles. The van der Waals surface area contributed by atoms with Crippen LogP contribution in [-0.2, 0) is 11.2 Å². The highest BCUT2D eigenvalue weighted by molar-refractivity contribution is 6.35. The third kappa shape index (κ3) is 6.01. The summed E-state index contributed by atoms with van der Waals surface area (Å²) in [7, 11) is 1.75. The minimum absolute atomic E-state index is 0.406. The van der Waals surface area contributed by atoms with Gasteiger partial charge in [-0.2, -0.15) is 0 Å². The van der Waals surface area contributed by atoms with E-state index in [9.17, 15) is 0 Å². The second kappa shape index (κ2) is 9.62. The molecule has 0 bridgehead atoms. The van der Waals surface area contributed by atoms with Crippen molar-refractivity contribution < 1.29 is 4.74 Å². The molecule has 0 saturated heterocycles. The van der Waals surface area contributed by atoms with Gasteiger partial charge in [0.25, 0.3) is 0 Å². The Labute approximate surface area is 132 Å². The zero-order valence-corrected chi connectivity index (χ0v) is 14.1. The average molecular weight is 318 g/mol. The fraction of sp³-hybridized carbons (Fsp3) is 0.625. The number of hydrogen-bond acceptors (Lipinski definition) is 2. The number of rotatable bonds is 9. The van der Waals surface area contributed by atoms with Gasteiger partial charge in [0.05, 0.1) is 0 Å². The first-order valence-corrected chi connectivity index (χ1v) is 8.00. The molecular formula is C16H25Cl2NO. The van der Waals surface area contributed by atoms with Gasteiger partial charge in [-0.3, -0.25) is 0 Å². The van der Waals surface area contributed by atoms with Crippen molar-refractivity contribution in [3.05, 3.63) is 33.8 Å². The lowest BCUT2D eigenvalue weighted by molar-refractivity contribution is 0.170. The topological polar surface area (TPSA) is 21.3 Å². The van der Waals surface area contributed by atoms with Gasteiger partial charge >= 0.3 is 0 Å². The fourth-order valence-electron chi connectivity index (χ4n) is 2.23. The molecule has 0 aliphatic carbocycles. The van der Waals surface area contributed by atoms with E-state index in [0.717, 1.165) is 43.0 Å². The maximum Gasteiger partial charge on any atom is 0.0465 e. The lowest BCUT2D eigenvalue weighted by Crippen LogP contribution is -2.38. The highest BCUT2D eigenvalue weighted by Crippen LogP contribution is 2.24. The SMILES string of the molecule is CCCNC(Cc1ccc(Cl)cc1Cl)C(C)CCOC. The van der Waals surface area contributed by atoms with Crippen LogP contribution in [0.1, 0.15) is 32.3 Å². The Kier molecular flexibility index (Phi) is 8.55. The Balaban J connectivity index is 2.71. The second-order valence-electron chi connectivity index (χ2n) is 5.26. The molecule has 4 heteroatoms. The highest BCUT2D eigenvalue weighted by atomic mass is 35.5. The zero-order valence-electron chi connectivity index (χ0n) is 12.6. The van der Waals surface area contributed by atoms with Crippen LogP contribution >= 0.6 is 23.2 Å². The van der Waals surface area contributed by atoms with Crippen molar-refractivity contribution in [3.63, 3.8) is 0 Å². The maximum atomic E-state index is 6.28. The van der Waals surface area contributed by atoms with Crippen molar-refractivity contribution in [1.82, 2.24) is 5.32 Å². The lowest BCUT2D eigenvalue weighted by Gasteiger charge is -2.25. The van der Waals surface area contributed by atoms with Crippen molar-refractivity contribution in [3.8, 4) is 0 Å². The van der Waals surface area contributed by atoms with Crippen LogP contribution in [0.15, 0.2) is 18.2 Å². The third-order valence-corrected chi connectivity index (χ3v) is 4.16. The molecule has 2 atom stereocenters. The third-order valence-electron chi connectivity index (χ3n) is 3.58. The van der Waals surface area contributed by atoms with Gasteiger partial charge in [0.2, 0.25) is 0 Å². The van der Waals surface area contributed by atoms with Gasteiger partial charge in [-0.05, 0) is 49.4 Å². The Hall–Kier alpha value is -0.280. The number of ether oxygens (including phenoxy) is 1. The fourth-order valence-corrected chi connectivity index (χ4v) is 2.72. The molecule has 1 aromatic rings. The van der Waals surface area contributed by atoms with E-state index in [0.29, 0.717) is 17.0 Å². The first-order valence-electron chi connectivity index (χ1n) is 7.24. The number of halogens is 2. The molecule has 0 radical (unpaired) electrons. The van der Waals surface area contributed by atoms with Gasteiger partial charge < -0.3 is 10.1 Å². The summed E-state index contributed by atoms with van der Waals surface area (Å²) in [5, 5.41) is 5.06. The van der Waals surface area contributed by atoms with Gasteiger partial charge in [-0.25, -0.2) is 0 Å². The van der Waals surface area contributed by atoms with Crippen LogP contribution in [0.3, 0.4) is 0 Å². The summed E-state index contributed by atoms with van der Waals surface area (Å²) in [6, 6.07) is 6.15. The lowest BCUT2D eigenvalue weighted by atomic mass is 9.92. The minimum atomic E-state index is 0.406. The van der Waals surface area contributed by atoms with Crippen molar-refractivity contribution in [2.24, 2.45) is 5.92 Å². The van der Waals surface area contributed by atoms with E-state index < -0.39 is 0 Å². The summed E-state index contributed by atoms with van der Waals surface area (Å²) in [5.74, 6) is 0.535. The van der Waals surface area contributed by atoms with E-state index in [1.54, 1.807) is 7.11 Å². The largest absolute Gasteiger partial charge is 0.385 e. The molecule has 1 N–H and O–H groups in total. The van der Waals surface area contributed by atoms with Gasteiger partial charge in [0.1, 0.15) is 0 Å². The van der Waals surface area contributed by atoms with Crippen LogP contribution in [0.5, 0.6) is 0 Å². The predicted molar refractivity (Wildman–Crippen MR) is 87.9 cm³/mol. The first-order chi connectivity index (χ1) is 9.58. The van der Waals surface area contributed by atoms with Crippen LogP contribution < -0.4 is 5.32 Å². The average Bonchev–Trinajstić information content (AvgIpc) is 2.43. The summed E-state index contributed by atoms with van der Waals surface area (Å²) in [6.07, 6.45) is 3.09. The Morgan fingerprint density at radius 2 is 2.05 bits per heavy atom. The number of methoxy groups -OCH3 is 1. The summed E-state index contributed by atoms with van der Waals surface area (Å²) in [6.45, 7) is 6.25. The molecule has 114 valence electrons. The molecule has 1 aromatic carbocycles. The summed E-state index contributed by atoms with van der Waals surface area (Å²) in [5.41, 5.74) is 1.15. The van der Waals surface area contributed by atoms with Crippen molar-refractivity contribution in [1.29, 1.82) is 0 Å². The predicted octanol–water partition coefficient (Wildman–Crippen LogP) is 4.58. The molecule has 0 saturated carbocycles. The van der Waals surface area contributed by atoms with Crippen LogP contribution in [-0.4, -0.2) is 26.3 Å². The Morgan fingerprint density at radius 3 is 2.65 bits per heavy atom. The van der Waals surface area contributed by atoms with Gasteiger partial charge in [0, 0.05) is 29.8 Å². The molecule has 0 heterocycles. The number of hydrogen-bond donors (Lipinski definition) is 1. The van der Waals surface area contributed by atoms with E-state index in [2.05, 4.69) is 19.2 Å². The van der Waals surface area contributed by atoms with E-state index in [4.69, 9.17) is 27.9 Å². The van der Waals surface area contributed by atoms with Crippen molar-refractivity contribution in [2.75, 3.05) is 20.3 Å². The van der Waals surface area contributed by atoms with E-state index in [1.807, 2.05) is 18.2 Å². The van der Waals surface area contributed by atoms with Crippen LogP contribution in [0.2, 0.25) is 10.0 Å². The maximum absolute atomic E-state index is 6.28. The molecular weight excluding hydrogens is 293 g/mol. The molecule has 0 fully saturated rings. The monoisotopic (exact) mass is 317 g/mol. The van der Waals surface area contributed by atoms with Crippen LogP contribution in [0.25, 0.3) is 0 Å². The molecule has 0 spiro atoms. The molecule has 2 nitrogen and oxygen atoms in total. The van der Waals surface area contributed by atoms with Crippen molar-refractivity contribution in [2.45, 2.75) is 39.2 Å². The molecule has 2 unspecified atom stereocenters. The summed E-state index contributed by atoms with van der Waals surface area (Å²) >= 11 is 12.2. The quantitative estimate of drug-likeness (QED) is 0.720. The van der Waals surface area contributed by atoms with Crippen LogP contribution in [0.4, 0.5) is 0 Å². The van der Waals surface area contributed by atoms with E-state index in [-0.39, 0.29) is 0 Å². The first kappa shape index (κ1) is 17.8. The Bertz CT molecular complexity index is 398. The smallest absolute Gasteiger partial charge is 0.0465 e. The molecule has 0 amide bonds. The highest BCUT2D eigenvalue weighted by Gasteiger charge is 2.18. The normalized spacial score (nSPS) is 14.2. The molecule has 20 heavy (non-hydrogen) atoms. The molecule has 0 aliphatic rings. The second-order valence-corrected chi connectivity index (χ2v) is 6.10. The van der Waals surface area contributed by atoms with E-state index in [1.165, 1.54) is 0 Å². The molecule has 1 rings (SSSR count). The zero-order chi connectivity index (χ0) is 15.0. The number of benzene rings is 1. The molecule has 0 aromatic heterocycles. The van der Waals surface area contributed by atoms with Crippen molar-refractivity contribution >= 4 is 23.2 Å². The Morgan fingerprint density at radius 1 is 1.30 bits per heavy atom. The summed E-state index contributed by atoms with van der Waals surface area (Å²) < 4.78 is 5.19. The van der Waals surface area contributed by atoms with Gasteiger partial charge in [-0.15, -0.1) is 0 Å². The minimum Gasteiger partial charge on any atom is -0.385 e. The van der Waals surface area contributed by atoms with E-state index >= 15 is 0 Å². The van der Waals surface area contributed by atoms with Crippen LogP contribution in [0, 0.1) is 5.92 Å². The van der Waals surface area contributed by atoms with Gasteiger partial charge in [-0.1, -0.05) is 43.1 Å². The standard InChI is InChI=1S/C16H25Cl2NO/c1-4-8-19-16(12(2)7-9-20-3)10-13-5-6-14(17)11-15(13)18/h5-6,11-12,16,19H,4,7-10H2,1-3H3. The summed E-state index contributed by atoms with van der Waals surface area (Å²) in [4.78, 5) is 0.